The first-order valence-corrected chi connectivity index (χ1v) is 6.67. The van der Waals surface area contributed by atoms with Gasteiger partial charge in [-0.15, -0.1) is 11.3 Å². The third kappa shape index (κ3) is 2.51. The van der Waals surface area contributed by atoms with Crippen LogP contribution in [0.2, 0.25) is 0 Å². The quantitative estimate of drug-likeness (QED) is 0.941. The molecule has 0 saturated heterocycles. The summed E-state index contributed by atoms with van der Waals surface area (Å²) in [6.45, 7) is 2.02. The van der Waals surface area contributed by atoms with Crippen molar-refractivity contribution in [3.8, 4) is 0 Å². The predicted octanol–water partition coefficient (Wildman–Crippen LogP) is 3.49. The lowest BCUT2D eigenvalue weighted by atomic mass is 10.0. The van der Waals surface area contributed by atoms with E-state index in [1.165, 1.54) is 0 Å². The molecule has 1 unspecified atom stereocenters. The van der Waals surface area contributed by atoms with E-state index in [2.05, 4.69) is 20.9 Å². The van der Waals surface area contributed by atoms with E-state index in [9.17, 15) is 5.11 Å². The molecule has 0 amide bonds. The molecule has 2 aromatic rings. The van der Waals surface area contributed by atoms with Gasteiger partial charge in [0, 0.05) is 22.5 Å². The Balaban J connectivity index is 2.21. The molecule has 0 bridgehead atoms. The topological polar surface area (TPSA) is 33.1 Å². The van der Waals surface area contributed by atoms with Crippen molar-refractivity contribution < 1.29 is 5.11 Å². The zero-order valence-electron chi connectivity index (χ0n) is 8.85. The number of rotatable bonds is 3. The molecule has 0 aliphatic carbocycles. The zero-order valence-corrected chi connectivity index (χ0v) is 11.3. The molecule has 0 spiro atoms. The summed E-state index contributed by atoms with van der Waals surface area (Å²) in [5.41, 5.74) is 2.06. The number of aliphatic hydroxyl groups is 1. The molecule has 1 aromatic heterocycles. The second-order valence-corrected chi connectivity index (χ2v) is 5.40. The van der Waals surface area contributed by atoms with Gasteiger partial charge in [0.25, 0.3) is 0 Å². The first-order valence-electron chi connectivity index (χ1n) is 5.00. The molecule has 0 saturated carbocycles. The smallest absolute Gasteiger partial charge is 0.0954 e. The molecule has 0 aliphatic rings. The van der Waals surface area contributed by atoms with Gasteiger partial charge in [0.15, 0.2) is 0 Å². The van der Waals surface area contributed by atoms with E-state index >= 15 is 0 Å². The van der Waals surface area contributed by atoms with Crippen molar-refractivity contribution in [3.63, 3.8) is 0 Å². The zero-order chi connectivity index (χ0) is 11.5. The van der Waals surface area contributed by atoms with Crippen LogP contribution in [0.25, 0.3) is 0 Å². The predicted molar refractivity (Wildman–Crippen MR) is 69.7 cm³/mol. The van der Waals surface area contributed by atoms with Gasteiger partial charge in [0.05, 0.1) is 11.1 Å². The lowest BCUT2D eigenvalue weighted by molar-refractivity contribution is 0.177. The summed E-state index contributed by atoms with van der Waals surface area (Å²) in [6, 6.07) is 5.92. The molecule has 1 heterocycles. The maximum atomic E-state index is 10.1. The van der Waals surface area contributed by atoms with Crippen LogP contribution in [0.1, 0.15) is 22.2 Å². The Morgan fingerprint density at radius 2 is 2.31 bits per heavy atom. The maximum Gasteiger partial charge on any atom is 0.0954 e. The van der Waals surface area contributed by atoms with Crippen LogP contribution < -0.4 is 0 Å². The van der Waals surface area contributed by atoms with Gasteiger partial charge in [-0.3, -0.25) is 0 Å². The number of nitrogens with zero attached hydrogens (tertiary/aromatic N) is 1. The highest BCUT2D eigenvalue weighted by Crippen LogP contribution is 2.28. The first-order chi connectivity index (χ1) is 7.68. The Kier molecular flexibility index (Phi) is 3.74. The molecule has 16 heavy (non-hydrogen) atoms. The van der Waals surface area contributed by atoms with Crippen LogP contribution in [0, 0.1) is 6.92 Å². The van der Waals surface area contributed by atoms with Crippen LogP contribution in [-0.4, -0.2) is 10.1 Å². The number of halogens is 1. The van der Waals surface area contributed by atoms with Gasteiger partial charge in [0.1, 0.15) is 0 Å². The maximum absolute atomic E-state index is 10.1. The van der Waals surface area contributed by atoms with Crippen molar-refractivity contribution in [1.29, 1.82) is 0 Å². The summed E-state index contributed by atoms with van der Waals surface area (Å²) >= 11 is 5.08. The number of aryl methyl sites for hydroxylation is 1. The molecule has 2 rings (SSSR count). The van der Waals surface area contributed by atoms with Gasteiger partial charge >= 0.3 is 0 Å². The second kappa shape index (κ2) is 5.08. The normalized spacial score (nSPS) is 12.7. The van der Waals surface area contributed by atoms with Gasteiger partial charge in [-0.25, -0.2) is 4.98 Å². The first kappa shape index (κ1) is 11.8. The Bertz CT molecular complexity index is 470. The molecule has 1 atom stereocenters. The van der Waals surface area contributed by atoms with Gasteiger partial charge in [-0.1, -0.05) is 34.1 Å². The number of hydrogen-bond donors (Lipinski definition) is 1. The summed E-state index contributed by atoms with van der Waals surface area (Å²) < 4.78 is 0.985. The Morgan fingerprint density at radius 1 is 1.50 bits per heavy atom. The SMILES string of the molecule is Cc1cccc(C(O)Cc2nccs2)c1Br. The Labute approximate surface area is 107 Å². The van der Waals surface area contributed by atoms with E-state index in [1.54, 1.807) is 17.5 Å². The Hall–Kier alpha value is -0.710. The second-order valence-electron chi connectivity index (χ2n) is 3.62. The molecular formula is C12H12BrNOS. The van der Waals surface area contributed by atoms with Crippen molar-refractivity contribution in [2.75, 3.05) is 0 Å². The van der Waals surface area contributed by atoms with Crippen LogP contribution in [0.15, 0.2) is 34.2 Å². The van der Waals surface area contributed by atoms with E-state index < -0.39 is 6.10 Å². The molecule has 84 valence electrons. The fraction of sp³-hybridized carbons (Fsp3) is 0.250. The van der Waals surface area contributed by atoms with Crippen LogP contribution in [0.4, 0.5) is 0 Å². The molecule has 0 aliphatic heterocycles. The molecule has 2 nitrogen and oxygen atoms in total. The minimum Gasteiger partial charge on any atom is -0.388 e. The highest BCUT2D eigenvalue weighted by Gasteiger charge is 2.14. The van der Waals surface area contributed by atoms with Crippen LogP contribution in [0.5, 0.6) is 0 Å². The number of hydrogen-bond acceptors (Lipinski definition) is 3. The van der Waals surface area contributed by atoms with Crippen molar-refractivity contribution >= 4 is 27.3 Å². The highest BCUT2D eigenvalue weighted by molar-refractivity contribution is 9.10. The van der Waals surface area contributed by atoms with Gasteiger partial charge in [-0.2, -0.15) is 0 Å². The summed E-state index contributed by atoms with van der Waals surface area (Å²) in [5.74, 6) is 0. The number of aromatic nitrogens is 1. The standard InChI is InChI=1S/C12H12BrNOS/c1-8-3-2-4-9(12(8)13)10(15)7-11-14-5-6-16-11/h2-6,10,15H,7H2,1H3. The number of benzene rings is 1. The fourth-order valence-corrected chi connectivity index (χ4v) is 2.74. The average Bonchev–Trinajstić information content (AvgIpc) is 2.74. The monoisotopic (exact) mass is 297 g/mol. The van der Waals surface area contributed by atoms with Crippen molar-refractivity contribution in [2.24, 2.45) is 0 Å². The lowest BCUT2D eigenvalue weighted by Gasteiger charge is -2.12. The van der Waals surface area contributed by atoms with E-state index in [4.69, 9.17) is 0 Å². The van der Waals surface area contributed by atoms with Crippen molar-refractivity contribution in [3.05, 3.63) is 50.4 Å². The van der Waals surface area contributed by atoms with Crippen LogP contribution in [-0.2, 0) is 6.42 Å². The summed E-state index contributed by atoms with van der Waals surface area (Å²) in [5, 5.41) is 13.0. The summed E-state index contributed by atoms with van der Waals surface area (Å²) in [7, 11) is 0. The van der Waals surface area contributed by atoms with E-state index in [0.29, 0.717) is 6.42 Å². The third-order valence-electron chi connectivity index (χ3n) is 2.43. The van der Waals surface area contributed by atoms with Crippen molar-refractivity contribution in [1.82, 2.24) is 4.98 Å². The number of thiazole rings is 1. The van der Waals surface area contributed by atoms with E-state index in [0.717, 1.165) is 20.6 Å². The van der Waals surface area contributed by atoms with Gasteiger partial charge < -0.3 is 5.11 Å². The third-order valence-corrected chi connectivity index (χ3v) is 4.32. The average molecular weight is 298 g/mol. The van der Waals surface area contributed by atoms with Crippen LogP contribution in [0.3, 0.4) is 0 Å². The Morgan fingerprint density at radius 3 is 3.00 bits per heavy atom. The molecular weight excluding hydrogens is 286 g/mol. The van der Waals surface area contributed by atoms with Crippen LogP contribution >= 0.6 is 27.3 Å². The minimum absolute atomic E-state index is 0.500. The summed E-state index contributed by atoms with van der Waals surface area (Å²) in [6.07, 6.45) is 1.83. The van der Waals surface area contributed by atoms with Gasteiger partial charge in [-0.05, 0) is 18.1 Å². The summed E-state index contributed by atoms with van der Waals surface area (Å²) in [4.78, 5) is 4.18. The molecule has 0 fully saturated rings. The molecule has 1 N–H and O–H groups in total. The lowest BCUT2D eigenvalue weighted by Crippen LogP contribution is -2.03. The fourth-order valence-electron chi connectivity index (χ4n) is 1.56. The van der Waals surface area contributed by atoms with Gasteiger partial charge in [0.2, 0.25) is 0 Å². The largest absolute Gasteiger partial charge is 0.388 e. The minimum atomic E-state index is -0.500. The molecule has 1 aromatic carbocycles. The van der Waals surface area contributed by atoms with E-state index in [1.807, 2.05) is 30.5 Å². The van der Waals surface area contributed by atoms with E-state index in [-0.39, 0.29) is 0 Å². The van der Waals surface area contributed by atoms with Crippen molar-refractivity contribution in [2.45, 2.75) is 19.4 Å². The molecule has 4 heteroatoms. The highest BCUT2D eigenvalue weighted by atomic mass is 79.9. The number of aliphatic hydroxyl groups excluding tert-OH is 1. The molecule has 0 radical (unpaired) electrons.